The van der Waals surface area contributed by atoms with E-state index < -0.39 is 0 Å². The quantitative estimate of drug-likeness (QED) is 0.651. The molecule has 1 aliphatic rings. The highest BCUT2D eigenvalue weighted by molar-refractivity contribution is 4.80. The second-order valence-corrected chi connectivity index (χ2v) is 4.45. The molecule has 0 spiro atoms. The Labute approximate surface area is 93.3 Å². The first kappa shape index (κ1) is 12.7. The van der Waals surface area contributed by atoms with Gasteiger partial charge in [0.25, 0.3) is 0 Å². The Morgan fingerprint density at radius 3 is 2.93 bits per heavy atom. The second kappa shape index (κ2) is 6.99. The van der Waals surface area contributed by atoms with Crippen molar-refractivity contribution >= 4 is 0 Å². The lowest BCUT2D eigenvalue weighted by Crippen LogP contribution is -2.46. The van der Waals surface area contributed by atoms with Gasteiger partial charge >= 0.3 is 0 Å². The SMILES string of the molecule is C=CCC(C)NC(C)CC1COCCN1. The lowest BCUT2D eigenvalue weighted by Gasteiger charge is -2.28. The molecule has 0 aromatic heterocycles. The zero-order chi connectivity index (χ0) is 11.1. The van der Waals surface area contributed by atoms with E-state index in [0.717, 1.165) is 32.6 Å². The summed E-state index contributed by atoms with van der Waals surface area (Å²) in [6, 6.07) is 1.55. The van der Waals surface area contributed by atoms with Crippen molar-refractivity contribution in [1.29, 1.82) is 0 Å². The molecule has 15 heavy (non-hydrogen) atoms. The van der Waals surface area contributed by atoms with Crippen molar-refractivity contribution in [2.75, 3.05) is 19.8 Å². The predicted molar refractivity (Wildman–Crippen MR) is 64.1 cm³/mol. The lowest BCUT2D eigenvalue weighted by molar-refractivity contribution is 0.0708. The molecule has 0 amide bonds. The monoisotopic (exact) mass is 212 g/mol. The number of ether oxygens (including phenoxy) is 1. The Hall–Kier alpha value is -0.380. The van der Waals surface area contributed by atoms with Gasteiger partial charge in [-0.15, -0.1) is 6.58 Å². The fourth-order valence-electron chi connectivity index (χ4n) is 2.07. The third-order valence-electron chi connectivity index (χ3n) is 2.73. The number of hydrogen-bond acceptors (Lipinski definition) is 3. The molecule has 1 rings (SSSR count). The van der Waals surface area contributed by atoms with Gasteiger partial charge < -0.3 is 15.4 Å². The maximum atomic E-state index is 5.43. The number of hydrogen-bond donors (Lipinski definition) is 2. The van der Waals surface area contributed by atoms with Crippen LogP contribution in [0, 0.1) is 0 Å². The molecule has 3 atom stereocenters. The van der Waals surface area contributed by atoms with Crippen molar-refractivity contribution in [3.63, 3.8) is 0 Å². The first-order valence-electron chi connectivity index (χ1n) is 5.90. The molecule has 88 valence electrons. The van der Waals surface area contributed by atoms with Gasteiger partial charge in [0.05, 0.1) is 13.2 Å². The van der Waals surface area contributed by atoms with Crippen molar-refractivity contribution in [3.05, 3.63) is 12.7 Å². The molecule has 0 saturated carbocycles. The van der Waals surface area contributed by atoms with Gasteiger partial charge in [0, 0.05) is 24.7 Å². The molecule has 0 aromatic rings. The molecular weight excluding hydrogens is 188 g/mol. The summed E-state index contributed by atoms with van der Waals surface area (Å²) >= 11 is 0. The molecule has 3 nitrogen and oxygen atoms in total. The zero-order valence-corrected chi connectivity index (χ0v) is 9.96. The van der Waals surface area contributed by atoms with Crippen LogP contribution in [-0.4, -0.2) is 37.9 Å². The highest BCUT2D eigenvalue weighted by Crippen LogP contribution is 2.04. The lowest BCUT2D eigenvalue weighted by atomic mass is 10.1. The predicted octanol–water partition coefficient (Wildman–Crippen LogP) is 1.31. The van der Waals surface area contributed by atoms with Crippen LogP contribution in [0.4, 0.5) is 0 Å². The molecule has 1 aliphatic heterocycles. The molecule has 0 radical (unpaired) electrons. The smallest absolute Gasteiger partial charge is 0.0620 e. The standard InChI is InChI=1S/C12H24N2O/c1-4-5-10(2)14-11(3)8-12-9-15-7-6-13-12/h4,10-14H,1,5-9H2,2-3H3. The van der Waals surface area contributed by atoms with Gasteiger partial charge in [-0.2, -0.15) is 0 Å². The van der Waals surface area contributed by atoms with E-state index in [2.05, 4.69) is 31.1 Å². The van der Waals surface area contributed by atoms with E-state index in [-0.39, 0.29) is 0 Å². The fourth-order valence-corrected chi connectivity index (χ4v) is 2.07. The Balaban J connectivity index is 2.16. The molecule has 2 N–H and O–H groups in total. The highest BCUT2D eigenvalue weighted by atomic mass is 16.5. The van der Waals surface area contributed by atoms with Gasteiger partial charge in [0.1, 0.15) is 0 Å². The van der Waals surface area contributed by atoms with E-state index in [1.165, 1.54) is 0 Å². The second-order valence-electron chi connectivity index (χ2n) is 4.45. The highest BCUT2D eigenvalue weighted by Gasteiger charge is 2.16. The van der Waals surface area contributed by atoms with Crippen LogP contribution in [-0.2, 0) is 4.74 Å². The van der Waals surface area contributed by atoms with Crippen molar-refractivity contribution < 1.29 is 4.74 Å². The van der Waals surface area contributed by atoms with E-state index in [9.17, 15) is 0 Å². The molecule has 0 bridgehead atoms. The van der Waals surface area contributed by atoms with Gasteiger partial charge in [0.15, 0.2) is 0 Å². The Bertz CT molecular complexity index is 178. The fraction of sp³-hybridized carbons (Fsp3) is 0.833. The summed E-state index contributed by atoms with van der Waals surface area (Å²) in [5.74, 6) is 0. The molecule has 1 saturated heterocycles. The summed E-state index contributed by atoms with van der Waals surface area (Å²) in [7, 11) is 0. The summed E-state index contributed by atoms with van der Waals surface area (Å²) in [6.07, 6.45) is 4.12. The van der Waals surface area contributed by atoms with E-state index in [1.54, 1.807) is 0 Å². The molecule has 1 fully saturated rings. The average molecular weight is 212 g/mol. The maximum Gasteiger partial charge on any atom is 0.0620 e. The van der Waals surface area contributed by atoms with E-state index in [1.807, 2.05) is 6.08 Å². The van der Waals surface area contributed by atoms with Crippen LogP contribution in [0.2, 0.25) is 0 Å². The van der Waals surface area contributed by atoms with Crippen LogP contribution < -0.4 is 10.6 Å². The minimum Gasteiger partial charge on any atom is -0.379 e. The van der Waals surface area contributed by atoms with Crippen molar-refractivity contribution in [1.82, 2.24) is 10.6 Å². The average Bonchev–Trinajstić information content (AvgIpc) is 2.19. The Morgan fingerprint density at radius 1 is 1.53 bits per heavy atom. The van der Waals surface area contributed by atoms with Crippen molar-refractivity contribution in [2.45, 2.75) is 44.8 Å². The first-order valence-corrected chi connectivity index (χ1v) is 5.90. The number of rotatable bonds is 6. The minimum absolute atomic E-state index is 0.511. The van der Waals surface area contributed by atoms with Gasteiger partial charge in [0.2, 0.25) is 0 Å². The number of morpholine rings is 1. The van der Waals surface area contributed by atoms with Gasteiger partial charge in [-0.25, -0.2) is 0 Å². The third-order valence-corrected chi connectivity index (χ3v) is 2.73. The van der Waals surface area contributed by atoms with Crippen LogP contribution >= 0.6 is 0 Å². The summed E-state index contributed by atoms with van der Waals surface area (Å²) < 4.78 is 5.43. The van der Waals surface area contributed by atoms with Gasteiger partial charge in [-0.1, -0.05) is 6.08 Å². The summed E-state index contributed by atoms with van der Waals surface area (Å²) in [4.78, 5) is 0. The van der Waals surface area contributed by atoms with Crippen LogP contribution in [0.1, 0.15) is 26.7 Å². The largest absolute Gasteiger partial charge is 0.379 e. The van der Waals surface area contributed by atoms with Crippen LogP contribution in [0.15, 0.2) is 12.7 Å². The van der Waals surface area contributed by atoms with Crippen LogP contribution in [0.25, 0.3) is 0 Å². The van der Waals surface area contributed by atoms with E-state index in [4.69, 9.17) is 4.74 Å². The third kappa shape index (κ3) is 5.30. The minimum atomic E-state index is 0.511. The molecule has 0 aromatic carbocycles. The van der Waals surface area contributed by atoms with Gasteiger partial charge in [-0.05, 0) is 26.7 Å². The van der Waals surface area contributed by atoms with Gasteiger partial charge in [-0.3, -0.25) is 0 Å². The van der Waals surface area contributed by atoms with E-state index in [0.29, 0.717) is 18.1 Å². The molecule has 1 heterocycles. The summed E-state index contributed by atoms with van der Waals surface area (Å²) in [5, 5.41) is 7.03. The summed E-state index contributed by atoms with van der Waals surface area (Å²) in [5.41, 5.74) is 0. The van der Waals surface area contributed by atoms with E-state index >= 15 is 0 Å². The zero-order valence-electron chi connectivity index (χ0n) is 9.96. The normalized spacial score (nSPS) is 25.9. The molecular formula is C12H24N2O. The Kier molecular flexibility index (Phi) is 5.91. The number of nitrogens with one attached hydrogen (secondary N) is 2. The molecule has 3 heteroatoms. The van der Waals surface area contributed by atoms with Crippen LogP contribution in [0.5, 0.6) is 0 Å². The summed E-state index contributed by atoms with van der Waals surface area (Å²) in [6.45, 7) is 10.9. The molecule has 0 aliphatic carbocycles. The van der Waals surface area contributed by atoms with Crippen molar-refractivity contribution in [2.24, 2.45) is 0 Å². The van der Waals surface area contributed by atoms with Crippen molar-refractivity contribution in [3.8, 4) is 0 Å². The topological polar surface area (TPSA) is 33.3 Å². The first-order chi connectivity index (χ1) is 7.22. The molecule has 3 unspecified atom stereocenters. The maximum absolute atomic E-state index is 5.43. The van der Waals surface area contributed by atoms with Crippen LogP contribution in [0.3, 0.4) is 0 Å². The Morgan fingerprint density at radius 2 is 2.33 bits per heavy atom.